The first kappa shape index (κ1) is 25.7. The maximum absolute atomic E-state index is 13.3. The third-order valence-electron chi connectivity index (χ3n) is 6.62. The molecule has 2 amide bonds. The Morgan fingerprint density at radius 2 is 1.64 bits per heavy atom. The van der Waals surface area contributed by atoms with Gasteiger partial charge in [-0.1, -0.05) is 54.8 Å². The molecule has 8 nitrogen and oxygen atoms in total. The summed E-state index contributed by atoms with van der Waals surface area (Å²) in [6.07, 6.45) is 5.80. The van der Waals surface area contributed by atoms with Crippen LogP contribution >= 0.6 is 11.6 Å². The Bertz CT molecular complexity index is 1360. The van der Waals surface area contributed by atoms with Crippen LogP contribution in [0.15, 0.2) is 58.1 Å². The molecule has 1 heterocycles. The summed E-state index contributed by atoms with van der Waals surface area (Å²) in [6, 6.07) is 14.3. The van der Waals surface area contributed by atoms with Gasteiger partial charge in [-0.25, -0.2) is 4.79 Å². The lowest BCUT2D eigenvalue weighted by molar-refractivity contribution is -0.122. The van der Waals surface area contributed by atoms with E-state index in [4.69, 9.17) is 11.6 Å². The molecule has 0 aliphatic heterocycles. The van der Waals surface area contributed by atoms with Crippen molar-refractivity contribution in [2.45, 2.75) is 70.6 Å². The molecular weight excluding hydrogens is 480 g/mol. The summed E-state index contributed by atoms with van der Waals surface area (Å²) in [7, 11) is 0. The Balaban J connectivity index is 1.44. The van der Waals surface area contributed by atoms with Crippen molar-refractivity contribution in [3.05, 3.63) is 80.0 Å². The lowest BCUT2D eigenvalue weighted by Gasteiger charge is -2.15. The van der Waals surface area contributed by atoms with E-state index in [1.54, 1.807) is 30.3 Å². The lowest BCUT2D eigenvalue weighted by atomic mass is 10.2. The molecule has 0 unspecified atom stereocenters. The number of carbonyl (C=O) groups excluding carboxylic acids is 2. The lowest BCUT2D eigenvalue weighted by Crippen LogP contribution is -2.42. The number of hydrogen-bond acceptors (Lipinski definition) is 4. The van der Waals surface area contributed by atoms with E-state index in [0.29, 0.717) is 35.2 Å². The van der Waals surface area contributed by atoms with Crippen LogP contribution in [0.4, 0.5) is 0 Å². The van der Waals surface area contributed by atoms with Gasteiger partial charge in [0.2, 0.25) is 11.8 Å². The van der Waals surface area contributed by atoms with Crippen molar-refractivity contribution in [1.29, 1.82) is 0 Å². The SMILES string of the molecule is O=C(Cn1c(=O)n(CCCCC(=O)NC2CCCC2)c(=O)c2ccccc21)NCc1ccccc1Cl. The first-order chi connectivity index (χ1) is 17.4. The fourth-order valence-electron chi connectivity index (χ4n) is 4.68. The molecule has 0 spiro atoms. The molecule has 1 aromatic heterocycles. The van der Waals surface area contributed by atoms with E-state index in [1.165, 1.54) is 9.13 Å². The van der Waals surface area contributed by atoms with Crippen molar-refractivity contribution < 1.29 is 9.59 Å². The number of benzene rings is 2. The van der Waals surface area contributed by atoms with E-state index in [-0.39, 0.29) is 37.5 Å². The van der Waals surface area contributed by atoms with Crippen LogP contribution in [0.2, 0.25) is 5.02 Å². The van der Waals surface area contributed by atoms with Crippen molar-refractivity contribution >= 4 is 34.3 Å². The molecule has 1 saturated carbocycles. The number of carbonyl (C=O) groups is 2. The second-order valence-electron chi connectivity index (χ2n) is 9.22. The van der Waals surface area contributed by atoms with Crippen LogP contribution in [0, 0.1) is 0 Å². The predicted octanol–water partition coefficient (Wildman–Crippen LogP) is 3.36. The van der Waals surface area contributed by atoms with E-state index in [2.05, 4.69) is 10.6 Å². The largest absolute Gasteiger partial charge is 0.353 e. The zero-order valence-corrected chi connectivity index (χ0v) is 20.9. The van der Waals surface area contributed by atoms with Gasteiger partial charge >= 0.3 is 5.69 Å². The molecular formula is C27H31ClN4O4. The van der Waals surface area contributed by atoms with Crippen molar-refractivity contribution in [1.82, 2.24) is 19.8 Å². The topological polar surface area (TPSA) is 102 Å². The normalized spacial score (nSPS) is 13.7. The monoisotopic (exact) mass is 510 g/mol. The van der Waals surface area contributed by atoms with Gasteiger partial charge in [0, 0.05) is 30.6 Å². The minimum Gasteiger partial charge on any atom is -0.353 e. The minimum absolute atomic E-state index is 0.0142. The fourth-order valence-corrected chi connectivity index (χ4v) is 4.88. The number of aromatic nitrogens is 2. The first-order valence-electron chi connectivity index (χ1n) is 12.5. The summed E-state index contributed by atoms with van der Waals surface area (Å²) in [5.74, 6) is -0.351. The Hall–Kier alpha value is -3.39. The zero-order valence-electron chi connectivity index (χ0n) is 20.2. The van der Waals surface area contributed by atoms with Gasteiger partial charge < -0.3 is 10.6 Å². The summed E-state index contributed by atoms with van der Waals surface area (Å²) in [4.78, 5) is 51.2. The van der Waals surface area contributed by atoms with Crippen LogP contribution in [-0.4, -0.2) is 27.0 Å². The standard InChI is InChI=1S/C27H31ClN4O4/c28-22-13-5-1-9-19(22)17-29-25(34)18-32-23-14-6-4-12-21(23)26(35)31(27(32)36)16-8-7-15-24(33)30-20-10-2-3-11-20/h1,4-6,9,12-14,20H,2-3,7-8,10-11,15-18H2,(H,29,34)(H,30,33). The number of rotatable bonds is 10. The van der Waals surface area contributed by atoms with Crippen LogP contribution in [0.1, 0.15) is 50.5 Å². The van der Waals surface area contributed by atoms with E-state index in [1.807, 2.05) is 18.2 Å². The van der Waals surface area contributed by atoms with E-state index in [9.17, 15) is 19.2 Å². The van der Waals surface area contributed by atoms with Gasteiger partial charge in [0.1, 0.15) is 6.54 Å². The van der Waals surface area contributed by atoms with Crippen LogP contribution in [0.5, 0.6) is 0 Å². The third kappa shape index (κ3) is 6.23. The van der Waals surface area contributed by atoms with Gasteiger partial charge in [-0.05, 0) is 49.4 Å². The number of nitrogens with one attached hydrogen (secondary N) is 2. The number of amides is 2. The summed E-state index contributed by atoms with van der Waals surface area (Å²) in [5, 5.41) is 6.77. The summed E-state index contributed by atoms with van der Waals surface area (Å²) in [6.45, 7) is 0.183. The molecule has 0 saturated heterocycles. The Morgan fingerprint density at radius 1 is 0.917 bits per heavy atom. The molecule has 2 aromatic carbocycles. The van der Waals surface area contributed by atoms with Crippen LogP contribution < -0.4 is 21.9 Å². The summed E-state index contributed by atoms with van der Waals surface area (Å²) >= 11 is 6.16. The predicted molar refractivity (Wildman–Crippen MR) is 140 cm³/mol. The van der Waals surface area contributed by atoms with Crippen LogP contribution in [0.25, 0.3) is 10.9 Å². The van der Waals surface area contributed by atoms with Gasteiger partial charge in [0.25, 0.3) is 5.56 Å². The molecule has 0 bridgehead atoms. The molecule has 1 fully saturated rings. The highest BCUT2D eigenvalue weighted by atomic mass is 35.5. The number of hydrogen-bond donors (Lipinski definition) is 2. The molecule has 1 aliphatic carbocycles. The van der Waals surface area contributed by atoms with Crippen LogP contribution in [0.3, 0.4) is 0 Å². The van der Waals surface area contributed by atoms with E-state index < -0.39 is 11.2 Å². The number of unbranched alkanes of at least 4 members (excludes halogenated alkanes) is 1. The molecule has 9 heteroatoms. The highest BCUT2D eigenvalue weighted by Gasteiger charge is 2.18. The smallest absolute Gasteiger partial charge is 0.331 e. The van der Waals surface area contributed by atoms with Gasteiger partial charge in [-0.3, -0.25) is 23.5 Å². The van der Waals surface area contributed by atoms with Crippen molar-refractivity contribution in [2.75, 3.05) is 0 Å². The average Bonchev–Trinajstić information content (AvgIpc) is 3.38. The molecule has 0 atom stereocenters. The Kier molecular flexibility index (Phi) is 8.59. The average molecular weight is 511 g/mol. The number of nitrogens with zero attached hydrogens (tertiary/aromatic N) is 2. The van der Waals surface area contributed by atoms with Gasteiger partial charge in [-0.15, -0.1) is 0 Å². The van der Waals surface area contributed by atoms with Gasteiger partial charge in [-0.2, -0.15) is 0 Å². The van der Waals surface area contributed by atoms with Crippen molar-refractivity contribution in [2.24, 2.45) is 0 Å². The Labute approximate surface area is 214 Å². The number of halogens is 1. The molecule has 0 radical (unpaired) electrons. The fraction of sp³-hybridized carbons (Fsp3) is 0.407. The van der Waals surface area contributed by atoms with Crippen LogP contribution in [-0.2, 0) is 29.2 Å². The minimum atomic E-state index is -0.540. The molecule has 2 N–H and O–H groups in total. The van der Waals surface area contributed by atoms with Gasteiger partial charge in [0.05, 0.1) is 10.9 Å². The summed E-state index contributed by atoms with van der Waals surface area (Å²) in [5.41, 5.74) is 0.250. The maximum Gasteiger partial charge on any atom is 0.331 e. The Morgan fingerprint density at radius 3 is 2.42 bits per heavy atom. The van der Waals surface area contributed by atoms with E-state index in [0.717, 1.165) is 31.2 Å². The highest BCUT2D eigenvalue weighted by Crippen LogP contribution is 2.18. The van der Waals surface area contributed by atoms with Gasteiger partial charge in [0.15, 0.2) is 0 Å². The molecule has 36 heavy (non-hydrogen) atoms. The number of para-hydroxylation sites is 1. The first-order valence-corrected chi connectivity index (χ1v) is 12.8. The number of fused-ring (bicyclic) bond motifs is 1. The summed E-state index contributed by atoms with van der Waals surface area (Å²) < 4.78 is 2.49. The molecule has 190 valence electrons. The maximum atomic E-state index is 13.3. The quantitative estimate of drug-likeness (QED) is 0.408. The zero-order chi connectivity index (χ0) is 25.5. The molecule has 4 rings (SSSR count). The third-order valence-corrected chi connectivity index (χ3v) is 6.99. The highest BCUT2D eigenvalue weighted by molar-refractivity contribution is 6.31. The van der Waals surface area contributed by atoms with Crippen molar-refractivity contribution in [3.8, 4) is 0 Å². The second-order valence-corrected chi connectivity index (χ2v) is 9.62. The van der Waals surface area contributed by atoms with E-state index >= 15 is 0 Å². The molecule has 1 aliphatic rings. The second kappa shape index (κ2) is 12.0. The molecule has 3 aromatic rings. The van der Waals surface area contributed by atoms with Crippen molar-refractivity contribution in [3.63, 3.8) is 0 Å².